The summed E-state index contributed by atoms with van der Waals surface area (Å²) < 4.78 is 0. The second kappa shape index (κ2) is 11.0. The maximum absolute atomic E-state index is 13.1. The number of hydrogen-bond acceptors (Lipinski definition) is 6. The molecule has 3 N–H and O–H groups in total. The highest BCUT2D eigenvalue weighted by Crippen LogP contribution is 2.24. The molecule has 4 amide bonds. The Morgan fingerprint density at radius 1 is 0.971 bits per heavy atom. The van der Waals surface area contributed by atoms with Crippen molar-refractivity contribution in [3.05, 3.63) is 65.5 Å². The Bertz CT molecular complexity index is 1130. The fourth-order valence-corrected chi connectivity index (χ4v) is 4.08. The van der Waals surface area contributed by atoms with Crippen LogP contribution in [0.5, 0.6) is 0 Å². The highest BCUT2D eigenvalue weighted by molar-refractivity contribution is 6.16. The summed E-state index contributed by atoms with van der Waals surface area (Å²) in [7, 11) is 0. The van der Waals surface area contributed by atoms with Crippen LogP contribution in [-0.4, -0.2) is 40.4 Å². The van der Waals surface area contributed by atoms with E-state index >= 15 is 0 Å². The van der Waals surface area contributed by atoms with E-state index in [0.717, 1.165) is 0 Å². The molecule has 2 heterocycles. The Morgan fingerprint density at radius 2 is 1.66 bits per heavy atom. The van der Waals surface area contributed by atoms with Crippen LogP contribution < -0.4 is 16.0 Å². The molecule has 0 spiro atoms. The molecule has 9 nitrogen and oxygen atoms in total. The van der Waals surface area contributed by atoms with Crippen LogP contribution in [-0.2, 0) is 19.2 Å². The predicted molar refractivity (Wildman–Crippen MR) is 128 cm³/mol. The maximum Gasteiger partial charge on any atom is 0.270 e. The Balaban J connectivity index is 1.77. The molecule has 0 radical (unpaired) electrons. The molecule has 184 valence electrons. The number of aryl methyl sites for hydroxylation is 1. The van der Waals surface area contributed by atoms with Crippen LogP contribution in [0.15, 0.2) is 48.5 Å². The van der Waals surface area contributed by atoms with Crippen molar-refractivity contribution in [2.24, 2.45) is 17.8 Å². The van der Waals surface area contributed by atoms with E-state index in [1.807, 2.05) is 6.07 Å². The summed E-state index contributed by atoms with van der Waals surface area (Å²) in [6, 6.07) is 12.5. The highest BCUT2D eigenvalue weighted by atomic mass is 16.2. The standard InChI is InChI=1S/C26H30N4O5/c1-14(2)22(23(32)21-16(4)24(33)30-26(21)35)29-20(31)13-19(17-10-6-5-7-11-17)28-25(34)18-12-8-9-15(3)27-18/h5-12,14,16,19,21-22H,13H2,1-4H3,(H,28,34)(H,29,31)(H,30,33,35)/t16-,19-,21+,22+/m0/s1. The molecule has 1 saturated heterocycles. The number of benzene rings is 1. The van der Waals surface area contributed by atoms with Crippen LogP contribution in [0, 0.1) is 24.7 Å². The molecule has 0 bridgehead atoms. The van der Waals surface area contributed by atoms with Gasteiger partial charge < -0.3 is 10.6 Å². The number of carbonyl (C=O) groups is 5. The SMILES string of the molecule is Cc1cccc(C(=O)N[C@@H](CC(=O)N[C@@H](C(=O)[C@@H]2C(=O)NC(=O)[C@H]2C)C(C)C)c2ccccc2)n1. The fraction of sp³-hybridized carbons (Fsp3) is 0.385. The van der Waals surface area contributed by atoms with Crippen LogP contribution in [0.4, 0.5) is 0 Å². The number of nitrogens with zero attached hydrogens (tertiary/aromatic N) is 1. The first-order chi connectivity index (χ1) is 16.6. The number of carbonyl (C=O) groups excluding carboxylic acids is 5. The zero-order valence-corrected chi connectivity index (χ0v) is 20.2. The number of Topliss-reactive ketones (excluding diaryl/α,β-unsaturated/α-hetero) is 1. The summed E-state index contributed by atoms with van der Waals surface area (Å²) >= 11 is 0. The van der Waals surface area contributed by atoms with Crippen molar-refractivity contribution >= 4 is 29.4 Å². The van der Waals surface area contributed by atoms with Crippen molar-refractivity contribution in [3.63, 3.8) is 0 Å². The molecular weight excluding hydrogens is 448 g/mol. The lowest BCUT2D eigenvalue weighted by Gasteiger charge is -2.26. The van der Waals surface area contributed by atoms with Gasteiger partial charge in [0.05, 0.1) is 24.4 Å². The Morgan fingerprint density at radius 3 is 2.23 bits per heavy atom. The van der Waals surface area contributed by atoms with Crippen LogP contribution in [0.25, 0.3) is 0 Å². The Hall–Kier alpha value is -3.88. The van der Waals surface area contributed by atoms with Gasteiger partial charge in [0, 0.05) is 5.69 Å². The monoisotopic (exact) mass is 478 g/mol. The van der Waals surface area contributed by atoms with Gasteiger partial charge >= 0.3 is 0 Å². The number of nitrogens with one attached hydrogen (secondary N) is 3. The van der Waals surface area contributed by atoms with Gasteiger partial charge in [-0.3, -0.25) is 29.3 Å². The summed E-state index contributed by atoms with van der Waals surface area (Å²) in [4.78, 5) is 67.3. The number of ketones is 1. The van der Waals surface area contributed by atoms with Crippen molar-refractivity contribution in [2.75, 3.05) is 0 Å². The normalized spacial score (nSPS) is 19.1. The lowest BCUT2D eigenvalue weighted by Crippen LogP contribution is -2.49. The van der Waals surface area contributed by atoms with E-state index in [2.05, 4.69) is 20.9 Å². The topological polar surface area (TPSA) is 134 Å². The third kappa shape index (κ3) is 6.17. The lowest BCUT2D eigenvalue weighted by atomic mass is 9.85. The first-order valence-corrected chi connectivity index (χ1v) is 11.6. The molecule has 1 aliphatic heterocycles. The second-order valence-electron chi connectivity index (χ2n) is 9.12. The number of amides is 4. The first-order valence-electron chi connectivity index (χ1n) is 11.6. The molecule has 1 aliphatic rings. The van der Waals surface area contributed by atoms with Gasteiger partial charge in [0.25, 0.3) is 5.91 Å². The van der Waals surface area contributed by atoms with Gasteiger partial charge in [-0.2, -0.15) is 0 Å². The molecule has 9 heteroatoms. The number of hydrogen-bond donors (Lipinski definition) is 3. The minimum Gasteiger partial charge on any atom is -0.346 e. The number of aromatic nitrogens is 1. The van der Waals surface area contributed by atoms with Gasteiger partial charge in [0.1, 0.15) is 11.6 Å². The molecule has 2 aromatic rings. The largest absolute Gasteiger partial charge is 0.346 e. The predicted octanol–water partition coefficient (Wildman–Crippen LogP) is 1.87. The molecular formula is C26H30N4O5. The molecule has 4 atom stereocenters. The van der Waals surface area contributed by atoms with E-state index in [1.54, 1.807) is 63.2 Å². The van der Waals surface area contributed by atoms with E-state index in [1.165, 1.54) is 6.92 Å². The van der Waals surface area contributed by atoms with E-state index in [9.17, 15) is 24.0 Å². The number of pyridine rings is 1. The van der Waals surface area contributed by atoms with Crippen LogP contribution >= 0.6 is 0 Å². The summed E-state index contributed by atoms with van der Waals surface area (Å²) in [5.41, 5.74) is 1.63. The van der Waals surface area contributed by atoms with Crippen LogP contribution in [0.1, 0.15) is 55.0 Å². The smallest absolute Gasteiger partial charge is 0.270 e. The van der Waals surface area contributed by atoms with Gasteiger partial charge in [0.2, 0.25) is 17.7 Å². The van der Waals surface area contributed by atoms with Crippen molar-refractivity contribution in [1.29, 1.82) is 0 Å². The van der Waals surface area contributed by atoms with E-state index < -0.39 is 53.3 Å². The van der Waals surface area contributed by atoms with Gasteiger partial charge in [-0.15, -0.1) is 0 Å². The summed E-state index contributed by atoms with van der Waals surface area (Å²) in [5.74, 6) is -4.82. The maximum atomic E-state index is 13.1. The van der Waals surface area contributed by atoms with Gasteiger partial charge in [-0.05, 0) is 30.5 Å². The van der Waals surface area contributed by atoms with Crippen LogP contribution in [0.3, 0.4) is 0 Å². The molecule has 1 fully saturated rings. The van der Waals surface area contributed by atoms with E-state index in [-0.39, 0.29) is 18.0 Å². The van der Waals surface area contributed by atoms with E-state index in [0.29, 0.717) is 11.3 Å². The fourth-order valence-electron chi connectivity index (χ4n) is 4.08. The number of imide groups is 1. The number of rotatable bonds is 9. The molecule has 3 rings (SSSR count). The molecule has 1 aromatic carbocycles. The first kappa shape index (κ1) is 25.7. The zero-order valence-electron chi connectivity index (χ0n) is 20.2. The summed E-state index contributed by atoms with van der Waals surface area (Å²) in [5, 5.41) is 7.76. The third-order valence-corrected chi connectivity index (χ3v) is 6.06. The molecule has 0 unspecified atom stereocenters. The average molecular weight is 479 g/mol. The minimum atomic E-state index is -1.15. The molecule has 0 saturated carbocycles. The van der Waals surface area contributed by atoms with Crippen molar-refractivity contribution in [3.8, 4) is 0 Å². The van der Waals surface area contributed by atoms with E-state index in [4.69, 9.17) is 0 Å². The molecule has 1 aromatic heterocycles. The molecule has 0 aliphatic carbocycles. The summed E-state index contributed by atoms with van der Waals surface area (Å²) in [6.45, 7) is 6.80. The Kier molecular flexibility index (Phi) is 8.11. The quantitative estimate of drug-likeness (QED) is 0.372. The van der Waals surface area contributed by atoms with Gasteiger partial charge in [-0.25, -0.2) is 4.98 Å². The zero-order chi connectivity index (χ0) is 25.7. The second-order valence-corrected chi connectivity index (χ2v) is 9.12. The molecule has 35 heavy (non-hydrogen) atoms. The summed E-state index contributed by atoms with van der Waals surface area (Å²) in [6.07, 6.45) is -0.135. The Labute approximate surface area is 204 Å². The lowest BCUT2D eigenvalue weighted by molar-refractivity contribution is -0.137. The minimum absolute atomic E-state index is 0.135. The highest BCUT2D eigenvalue weighted by Gasteiger charge is 2.46. The van der Waals surface area contributed by atoms with Crippen LogP contribution in [0.2, 0.25) is 0 Å². The third-order valence-electron chi connectivity index (χ3n) is 6.06. The van der Waals surface area contributed by atoms with Crippen molar-refractivity contribution in [1.82, 2.24) is 20.9 Å². The van der Waals surface area contributed by atoms with Crippen molar-refractivity contribution < 1.29 is 24.0 Å². The average Bonchev–Trinajstić information content (AvgIpc) is 3.07. The van der Waals surface area contributed by atoms with Crippen molar-refractivity contribution in [2.45, 2.75) is 46.2 Å². The van der Waals surface area contributed by atoms with Gasteiger partial charge in [-0.1, -0.05) is 57.2 Å². The van der Waals surface area contributed by atoms with Gasteiger partial charge in [0.15, 0.2) is 5.78 Å².